The Morgan fingerprint density at radius 3 is 0.671 bits per heavy atom. The van der Waals surface area contributed by atoms with Gasteiger partial charge in [-0.15, -0.1) is 0 Å². The molecule has 0 bridgehead atoms. The molecule has 28 nitrogen and oxygen atoms in total. The predicted octanol–water partition coefficient (Wildman–Crippen LogP) is -3.81. The number of carboxylic acids is 2. The lowest BCUT2D eigenvalue weighted by atomic mass is 9.50. The Labute approximate surface area is 409 Å². The standard InChI is InChI=1S/C41H74N6O22S/c1-21(48)42-64-36(15,29(7,8)27(54)55)38(17,66-44-23(3)50)32(11,59)33(12,60)40(19,68-46-25(5)52)41(20,69-47-26(6)53)35(14,62)34(13,61)39(18,67-45-24(4)51)37(16,65-43-22(2)49)31(10,58)30(9,70-63)28(56)57/h58-63H,1-20H3,(H,42,48)(H,43,49)(H,44,50)(H,45,51)(H,46,52)(H,47,53)(H,54,55)(H,56,57)/p-2. The van der Waals surface area contributed by atoms with Crippen LogP contribution < -0.4 is 43.1 Å². The molecular formula is C41H72N6O22S-2. The molecule has 0 rings (SSSR count). The quantitative estimate of drug-likeness (QED) is 0.0277. The number of carbonyl (C=O) groups excluding carboxylic acids is 8. The summed E-state index contributed by atoms with van der Waals surface area (Å²) in [6.45, 7) is 16.2. The first-order chi connectivity index (χ1) is 30.9. The van der Waals surface area contributed by atoms with Crippen LogP contribution in [-0.4, -0.2) is 144 Å². The Kier molecular flexibility index (Phi) is 20.0. The highest BCUT2D eigenvalue weighted by Gasteiger charge is 2.83. The van der Waals surface area contributed by atoms with Crippen LogP contribution in [0.2, 0.25) is 0 Å². The zero-order valence-electron chi connectivity index (χ0n) is 43.1. The second-order valence-corrected chi connectivity index (χ2v) is 20.4. The first-order valence-corrected chi connectivity index (χ1v) is 21.8. The van der Waals surface area contributed by atoms with Gasteiger partial charge in [0, 0.05) is 59.0 Å². The minimum absolute atomic E-state index is 0.535. The maximum atomic E-state index is 13.5. The second kappa shape index (κ2) is 21.4. The molecule has 0 aromatic heterocycles. The van der Waals surface area contributed by atoms with Crippen LogP contribution in [0.25, 0.3) is 0 Å². The van der Waals surface area contributed by atoms with E-state index in [9.17, 15) is 78.7 Å². The van der Waals surface area contributed by atoms with Gasteiger partial charge in [0.25, 0.3) is 0 Å². The largest absolute Gasteiger partial charge is 0.549 e. The average molecular weight is 1030 g/mol. The smallest absolute Gasteiger partial charge is 0.240 e. The molecule has 0 saturated carbocycles. The van der Waals surface area contributed by atoms with E-state index in [0.29, 0.717) is 34.6 Å². The Hall–Kier alpha value is -4.37. The Balaban J connectivity index is 9.84. The van der Waals surface area contributed by atoms with Gasteiger partial charge < -0.3 is 49.9 Å². The zero-order chi connectivity index (χ0) is 56.3. The fourth-order valence-corrected chi connectivity index (χ4v) is 8.45. The van der Waals surface area contributed by atoms with Crippen molar-refractivity contribution in [2.45, 2.75) is 205 Å². The van der Waals surface area contributed by atoms with E-state index in [-0.39, 0.29) is 0 Å². The molecule has 0 aliphatic carbocycles. The van der Waals surface area contributed by atoms with Crippen LogP contribution >= 0.6 is 12.0 Å². The lowest BCUT2D eigenvalue weighted by molar-refractivity contribution is -0.425. The number of hydroxylamine groups is 6. The third-order valence-electron chi connectivity index (χ3n) is 14.9. The van der Waals surface area contributed by atoms with Crippen LogP contribution in [0.1, 0.15) is 138 Å². The van der Waals surface area contributed by atoms with Crippen molar-refractivity contribution in [2.24, 2.45) is 5.41 Å². The van der Waals surface area contributed by atoms with E-state index in [1.54, 1.807) is 0 Å². The fourth-order valence-electron chi connectivity index (χ4n) is 8.00. The highest BCUT2D eigenvalue weighted by Crippen LogP contribution is 2.61. The number of rotatable bonds is 27. The summed E-state index contributed by atoms with van der Waals surface area (Å²) < 4.78 is 7.44. The van der Waals surface area contributed by atoms with Crippen LogP contribution in [0.3, 0.4) is 0 Å². The van der Waals surface area contributed by atoms with Crippen molar-refractivity contribution in [2.75, 3.05) is 0 Å². The maximum absolute atomic E-state index is 13.5. The van der Waals surface area contributed by atoms with E-state index in [1.165, 1.54) is 0 Å². The van der Waals surface area contributed by atoms with Gasteiger partial charge in [-0.25, -0.2) is 32.9 Å². The van der Waals surface area contributed by atoms with Crippen LogP contribution in [-0.2, 0) is 67.4 Å². The lowest BCUT2D eigenvalue weighted by Gasteiger charge is -2.68. The van der Waals surface area contributed by atoms with E-state index in [1.807, 2.05) is 32.9 Å². The number of hydrogen-bond donors (Lipinski definition) is 12. The zero-order valence-corrected chi connectivity index (χ0v) is 43.9. The summed E-state index contributed by atoms with van der Waals surface area (Å²) in [6.07, 6.45) is 0. The lowest BCUT2D eigenvalue weighted by Crippen LogP contribution is -2.90. The van der Waals surface area contributed by atoms with Gasteiger partial charge in [0.15, 0.2) is 28.0 Å². The van der Waals surface area contributed by atoms with Crippen molar-refractivity contribution in [1.29, 1.82) is 0 Å². The Morgan fingerprint density at radius 1 is 0.343 bits per heavy atom. The molecule has 12 atom stereocenters. The molecule has 12 unspecified atom stereocenters. The van der Waals surface area contributed by atoms with Crippen molar-refractivity contribution in [3.8, 4) is 0 Å². The molecule has 0 aliphatic rings. The van der Waals surface area contributed by atoms with E-state index >= 15 is 0 Å². The van der Waals surface area contributed by atoms with Crippen LogP contribution in [0.15, 0.2) is 0 Å². The van der Waals surface area contributed by atoms with Crippen molar-refractivity contribution in [3.63, 3.8) is 0 Å². The third kappa shape index (κ3) is 10.4. The van der Waals surface area contributed by atoms with Gasteiger partial charge >= 0.3 is 0 Å². The van der Waals surface area contributed by atoms with Crippen molar-refractivity contribution < 1.29 is 108 Å². The SMILES string of the molecule is CC(=O)NOC(C)(C(C)(C)C(=O)[O-])C(C)(ONC(C)=O)C(C)(O)C(C)(O)C(C)(ONC(C)=O)C(C)(ONC(C)=O)C(C)(O)C(C)(O)C(C)(ONC(C)=O)C(C)(ONC(C)=O)C(C)(O)C(C)(SO)C(=O)[O-]. The number of carboxylic acid groups (broad SMARTS) is 2. The number of amides is 6. The predicted molar refractivity (Wildman–Crippen MR) is 235 cm³/mol. The van der Waals surface area contributed by atoms with Crippen LogP contribution in [0, 0.1) is 5.41 Å². The van der Waals surface area contributed by atoms with E-state index in [4.69, 9.17) is 29.0 Å². The van der Waals surface area contributed by atoms with Gasteiger partial charge in [-0.3, -0.25) is 57.8 Å². The van der Waals surface area contributed by atoms with Crippen molar-refractivity contribution in [1.82, 2.24) is 32.9 Å². The summed E-state index contributed by atoms with van der Waals surface area (Å²) in [4.78, 5) is 136. The molecule has 0 aromatic carbocycles. The minimum atomic E-state index is -3.60. The fraction of sp³-hybridized carbons (Fsp3) is 0.805. The molecule has 0 fully saturated rings. The van der Waals surface area contributed by atoms with E-state index in [2.05, 4.69) is 0 Å². The highest BCUT2D eigenvalue weighted by molar-refractivity contribution is 7.96. The summed E-state index contributed by atoms with van der Waals surface area (Å²) in [7, 11) is 0. The van der Waals surface area contributed by atoms with Crippen LogP contribution in [0.4, 0.5) is 0 Å². The summed E-state index contributed by atoms with van der Waals surface area (Å²) in [6, 6.07) is 0. The minimum Gasteiger partial charge on any atom is -0.549 e. The molecule has 12 N–H and O–H groups in total. The molecule has 0 aromatic rings. The second-order valence-electron chi connectivity index (χ2n) is 19.4. The average Bonchev–Trinajstić information content (AvgIpc) is 3.22. The monoisotopic (exact) mass is 1030 g/mol. The maximum Gasteiger partial charge on any atom is 0.240 e. The Morgan fingerprint density at radius 2 is 0.514 bits per heavy atom. The summed E-state index contributed by atoms with van der Waals surface area (Å²) in [5, 5.41) is 92.0. The van der Waals surface area contributed by atoms with Gasteiger partial charge in [0.1, 0.15) is 38.4 Å². The molecule has 6 amide bonds. The summed E-state index contributed by atoms with van der Waals surface area (Å²) in [5.41, 5.74) is -27.6. The molecule has 70 heavy (non-hydrogen) atoms. The number of carbonyl (C=O) groups is 8. The molecule has 0 spiro atoms. The van der Waals surface area contributed by atoms with Gasteiger partial charge in [0.2, 0.25) is 35.4 Å². The number of aliphatic hydroxyl groups is 5. The van der Waals surface area contributed by atoms with Gasteiger partial charge in [0.05, 0.1) is 11.9 Å². The molecule has 406 valence electrons. The first kappa shape index (κ1) is 65.6. The number of hydrogen-bond acceptors (Lipinski definition) is 23. The molecular weight excluding hydrogens is 961 g/mol. The molecule has 0 saturated heterocycles. The molecule has 0 heterocycles. The summed E-state index contributed by atoms with van der Waals surface area (Å²) >= 11 is -0.535. The van der Waals surface area contributed by atoms with Crippen molar-refractivity contribution in [3.05, 3.63) is 0 Å². The van der Waals surface area contributed by atoms with E-state index < -0.39 is 131 Å². The van der Waals surface area contributed by atoms with Crippen LogP contribution in [0.5, 0.6) is 0 Å². The van der Waals surface area contributed by atoms with Gasteiger partial charge in [-0.2, -0.15) is 0 Å². The van der Waals surface area contributed by atoms with E-state index in [0.717, 1.165) is 104 Å². The normalized spacial score (nSPS) is 22.5. The molecule has 29 heteroatoms. The van der Waals surface area contributed by atoms with Gasteiger partial charge in [-0.05, 0) is 83.1 Å². The highest BCUT2D eigenvalue weighted by atomic mass is 32.2. The molecule has 0 aliphatic heterocycles. The molecule has 0 radical (unpaired) electrons. The van der Waals surface area contributed by atoms with Crippen molar-refractivity contribution >= 4 is 59.4 Å². The number of nitrogens with one attached hydrogen (secondary N) is 6. The van der Waals surface area contributed by atoms with Gasteiger partial charge in [-0.1, -0.05) is 13.8 Å². The number of aliphatic carboxylic acids is 2. The Bertz CT molecular complexity index is 2020. The first-order valence-electron chi connectivity index (χ1n) is 21.0. The third-order valence-corrected chi connectivity index (χ3v) is 15.8. The topological polar surface area (TPSA) is 432 Å². The summed E-state index contributed by atoms with van der Waals surface area (Å²) in [5.74, 6) is -10.6.